The lowest BCUT2D eigenvalue weighted by molar-refractivity contribution is 0.0785. The molecule has 1 rings (SSSR count). The Morgan fingerprint density at radius 2 is 1.44 bits per heavy atom. The molecule has 0 saturated carbocycles. The molecule has 0 aliphatic carbocycles. The van der Waals surface area contributed by atoms with E-state index in [4.69, 9.17) is 0 Å². The molecule has 0 radical (unpaired) electrons. The van der Waals surface area contributed by atoms with E-state index in [0.29, 0.717) is 0 Å². The molecule has 0 amide bonds. The van der Waals surface area contributed by atoms with Crippen LogP contribution in [0, 0.1) is 0 Å². The zero-order valence-corrected chi connectivity index (χ0v) is 12.2. The first-order valence-corrected chi connectivity index (χ1v) is 7.52. The summed E-state index contributed by atoms with van der Waals surface area (Å²) in [4.78, 5) is 1.23. The average molecular weight is 256 g/mol. The summed E-state index contributed by atoms with van der Waals surface area (Å²) in [6.45, 7) is 10.2. The Morgan fingerprint density at radius 1 is 0.938 bits per heavy atom. The Morgan fingerprint density at radius 3 is 1.81 bits per heavy atom. The van der Waals surface area contributed by atoms with Gasteiger partial charge in [0.05, 0.1) is 5.60 Å². The highest BCUT2D eigenvalue weighted by Gasteiger charge is 2.16. The predicted molar refractivity (Wildman–Crippen MR) is 74.9 cm³/mol. The van der Waals surface area contributed by atoms with E-state index in [1.165, 1.54) is 4.90 Å². The van der Waals surface area contributed by atoms with Gasteiger partial charge in [-0.3, -0.25) is 0 Å². The quantitative estimate of drug-likeness (QED) is 0.807. The van der Waals surface area contributed by atoms with Crippen molar-refractivity contribution >= 4 is 21.6 Å². The maximum Gasteiger partial charge on any atom is 0.0840 e. The SMILES string of the molecule is CC(C)(C)SSc1ccc(C(C)(C)O)cc1. The Hall–Kier alpha value is -0.120. The Balaban J connectivity index is 2.66. The minimum atomic E-state index is -0.750. The molecule has 1 N–H and O–H groups in total. The molecule has 16 heavy (non-hydrogen) atoms. The third-order valence-electron chi connectivity index (χ3n) is 1.95. The van der Waals surface area contributed by atoms with E-state index in [1.54, 1.807) is 24.6 Å². The molecular formula is C13H20OS2. The van der Waals surface area contributed by atoms with Gasteiger partial charge in [-0.2, -0.15) is 0 Å². The molecule has 0 heterocycles. The molecule has 0 atom stereocenters. The second kappa shape index (κ2) is 5.03. The lowest BCUT2D eigenvalue weighted by atomic mass is 9.99. The summed E-state index contributed by atoms with van der Waals surface area (Å²) in [6.07, 6.45) is 0. The van der Waals surface area contributed by atoms with Gasteiger partial charge in [-0.1, -0.05) is 54.5 Å². The summed E-state index contributed by atoms with van der Waals surface area (Å²) < 4.78 is 0.263. The first-order valence-electron chi connectivity index (χ1n) is 5.37. The molecule has 1 aromatic carbocycles. The molecule has 0 aliphatic heterocycles. The van der Waals surface area contributed by atoms with Gasteiger partial charge in [0.25, 0.3) is 0 Å². The zero-order valence-electron chi connectivity index (χ0n) is 10.6. The molecule has 0 fully saturated rings. The van der Waals surface area contributed by atoms with Crippen molar-refractivity contribution in [3.05, 3.63) is 29.8 Å². The molecular weight excluding hydrogens is 236 g/mol. The lowest BCUT2D eigenvalue weighted by Gasteiger charge is -2.19. The highest BCUT2D eigenvalue weighted by Crippen LogP contribution is 2.40. The first-order chi connectivity index (χ1) is 7.18. The molecule has 1 aromatic rings. The van der Waals surface area contributed by atoms with Crippen molar-refractivity contribution in [2.75, 3.05) is 0 Å². The van der Waals surface area contributed by atoms with Crippen LogP contribution in [0.1, 0.15) is 40.2 Å². The van der Waals surface area contributed by atoms with E-state index in [1.807, 2.05) is 22.9 Å². The van der Waals surface area contributed by atoms with Crippen LogP contribution in [0.4, 0.5) is 0 Å². The number of benzene rings is 1. The maximum atomic E-state index is 9.83. The van der Waals surface area contributed by atoms with Crippen LogP contribution in [-0.2, 0) is 5.60 Å². The monoisotopic (exact) mass is 256 g/mol. The van der Waals surface area contributed by atoms with Gasteiger partial charge in [-0.05, 0) is 31.5 Å². The van der Waals surface area contributed by atoms with E-state index in [0.717, 1.165) is 5.56 Å². The van der Waals surface area contributed by atoms with Crippen LogP contribution in [0.2, 0.25) is 0 Å². The molecule has 0 bridgehead atoms. The predicted octanol–water partition coefficient (Wildman–Crippen LogP) is 4.45. The fourth-order valence-electron chi connectivity index (χ4n) is 1.09. The number of aliphatic hydroxyl groups is 1. The third kappa shape index (κ3) is 4.81. The van der Waals surface area contributed by atoms with E-state index < -0.39 is 5.60 Å². The normalized spacial score (nSPS) is 12.9. The summed E-state index contributed by atoms with van der Waals surface area (Å²) in [6, 6.07) is 8.12. The van der Waals surface area contributed by atoms with E-state index in [-0.39, 0.29) is 4.75 Å². The number of hydrogen-bond acceptors (Lipinski definition) is 3. The molecule has 0 unspecified atom stereocenters. The topological polar surface area (TPSA) is 20.2 Å². The number of hydrogen-bond donors (Lipinski definition) is 1. The van der Waals surface area contributed by atoms with Gasteiger partial charge in [-0.15, -0.1) is 0 Å². The van der Waals surface area contributed by atoms with Crippen LogP contribution < -0.4 is 0 Å². The first kappa shape index (κ1) is 13.9. The summed E-state index contributed by atoms with van der Waals surface area (Å²) in [7, 11) is 3.64. The summed E-state index contributed by atoms with van der Waals surface area (Å²) in [5.41, 5.74) is 0.206. The van der Waals surface area contributed by atoms with Crippen LogP contribution in [0.25, 0.3) is 0 Å². The fraction of sp³-hybridized carbons (Fsp3) is 0.538. The molecule has 90 valence electrons. The fourth-order valence-corrected chi connectivity index (χ4v) is 3.06. The minimum Gasteiger partial charge on any atom is -0.386 e. The number of rotatable bonds is 3. The van der Waals surface area contributed by atoms with Gasteiger partial charge < -0.3 is 5.11 Å². The van der Waals surface area contributed by atoms with Crippen molar-refractivity contribution in [1.82, 2.24) is 0 Å². The van der Waals surface area contributed by atoms with Gasteiger partial charge in [0, 0.05) is 9.64 Å². The summed E-state index contributed by atoms with van der Waals surface area (Å²) in [5, 5.41) is 9.83. The van der Waals surface area contributed by atoms with Crippen molar-refractivity contribution in [3.8, 4) is 0 Å². The molecule has 0 saturated heterocycles. The standard InChI is InChI=1S/C13H20OS2/c1-12(2,3)16-15-11-8-6-10(7-9-11)13(4,5)14/h6-9,14H,1-5H3. The lowest BCUT2D eigenvalue weighted by Crippen LogP contribution is -2.14. The molecule has 0 aliphatic rings. The largest absolute Gasteiger partial charge is 0.386 e. The Bertz CT molecular complexity index is 330. The van der Waals surface area contributed by atoms with Crippen LogP contribution >= 0.6 is 21.6 Å². The van der Waals surface area contributed by atoms with Crippen molar-refractivity contribution in [1.29, 1.82) is 0 Å². The van der Waals surface area contributed by atoms with Gasteiger partial charge in [0.2, 0.25) is 0 Å². The van der Waals surface area contributed by atoms with E-state index in [2.05, 4.69) is 32.9 Å². The Labute approximate surface area is 106 Å². The second-order valence-electron chi connectivity index (χ2n) is 5.36. The zero-order chi connectivity index (χ0) is 12.4. The van der Waals surface area contributed by atoms with Gasteiger partial charge in [-0.25, -0.2) is 0 Å². The summed E-state index contributed by atoms with van der Waals surface area (Å²) >= 11 is 0. The third-order valence-corrected chi connectivity index (χ3v) is 5.32. The smallest absolute Gasteiger partial charge is 0.0840 e. The van der Waals surface area contributed by atoms with Crippen molar-refractivity contribution in [2.24, 2.45) is 0 Å². The van der Waals surface area contributed by atoms with Crippen molar-refractivity contribution in [2.45, 2.75) is 49.9 Å². The van der Waals surface area contributed by atoms with Gasteiger partial charge in [0.15, 0.2) is 0 Å². The molecule has 3 heteroatoms. The van der Waals surface area contributed by atoms with Crippen LogP contribution in [0.3, 0.4) is 0 Å². The second-order valence-corrected chi connectivity index (χ2v) is 8.39. The van der Waals surface area contributed by atoms with Gasteiger partial charge >= 0.3 is 0 Å². The molecule has 0 aromatic heterocycles. The molecule has 0 spiro atoms. The van der Waals surface area contributed by atoms with Crippen LogP contribution in [-0.4, -0.2) is 9.85 Å². The van der Waals surface area contributed by atoms with Gasteiger partial charge in [0.1, 0.15) is 0 Å². The van der Waals surface area contributed by atoms with E-state index in [9.17, 15) is 5.11 Å². The van der Waals surface area contributed by atoms with E-state index >= 15 is 0 Å². The highest BCUT2D eigenvalue weighted by molar-refractivity contribution is 8.77. The summed E-state index contributed by atoms with van der Waals surface area (Å²) in [5.74, 6) is 0. The average Bonchev–Trinajstić information content (AvgIpc) is 2.13. The Kier molecular flexibility index (Phi) is 4.38. The van der Waals surface area contributed by atoms with Crippen molar-refractivity contribution < 1.29 is 5.11 Å². The molecule has 1 nitrogen and oxygen atoms in total. The maximum absolute atomic E-state index is 9.83. The van der Waals surface area contributed by atoms with Crippen LogP contribution in [0.15, 0.2) is 29.2 Å². The van der Waals surface area contributed by atoms with Crippen LogP contribution in [0.5, 0.6) is 0 Å². The van der Waals surface area contributed by atoms with Crippen molar-refractivity contribution in [3.63, 3.8) is 0 Å². The minimum absolute atomic E-state index is 0.263. The highest BCUT2D eigenvalue weighted by atomic mass is 33.1.